The quantitative estimate of drug-likeness (QED) is 0.0751. The third-order valence-corrected chi connectivity index (χ3v) is 22.7. The Hall–Kier alpha value is -8.10. The Morgan fingerprint density at radius 1 is 0.738 bits per heavy atom. The number of ether oxygens (including phenoxy) is 1. The predicted molar refractivity (Wildman–Crippen MR) is 395 cm³/mol. The first-order valence-corrected chi connectivity index (χ1v) is 38.1. The van der Waals surface area contributed by atoms with E-state index in [9.17, 15) is 37.1 Å². The average molecular weight is 1620 g/mol. The maximum absolute atomic E-state index is 15.6. The van der Waals surface area contributed by atoms with Gasteiger partial charge in [0.05, 0.1) is 25.6 Å². The molecule has 0 unspecified atom stereocenters. The highest BCUT2D eigenvalue weighted by molar-refractivity contribution is 14.1. The zero-order chi connectivity index (χ0) is 79.1. The third kappa shape index (κ3) is 21.0. The molecule has 0 aromatic heterocycles. The molecule has 2 saturated carbocycles. The number of fused-ring (bicyclic) bond motifs is 3. The number of carbonyl (C=O) groups excluding carboxylic acids is 12. The predicted octanol–water partition coefficient (Wildman–Crippen LogP) is 6.02. The number of unbranched alkanes of at least 4 members (excludes halogenated alkanes) is 1. The number of allylic oxidation sites excluding steroid dienone is 1. The smallest absolute Gasteiger partial charge is 0.377 e. The summed E-state index contributed by atoms with van der Waals surface area (Å²) in [6.07, 6.45) is 1.23. The zero-order valence-electron chi connectivity index (χ0n) is 63.3. The van der Waals surface area contributed by atoms with E-state index >= 15 is 42.3 Å². The third-order valence-electron chi connectivity index (χ3n) is 22.0. The Balaban J connectivity index is 1.35. The first-order valence-electron chi connectivity index (χ1n) is 37.0. The van der Waals surface area contributed by atoms with Crippen LogP contribution in [0.3, 0.4) is 0 Å². The fraction of sp³-hybridized carbons (Fsp3) is 0.632. The monoisotopic (exact) mass is 1620 g/mol. The summed E-state index contributed by atoms with van der Waals surface area (Å²) in [5.41, 5.74) is -3.57. The summed E-state index contributed by atoms with van der Waals surface area (Å²) in [6.45, 7) is 9.25. The molecule has 2 bridgehead atoms. The molecule has 5 aliphatic rings. The van der Waals surface area contributed by atoms with Crippen LogP contribution in [-0.4, -0.2) is 264 Å². The Bertz CT molecular complexity index is 3590. The SMILES string of the molecule is C=CCCC[C@H]1C(=O)N[C@@H]([C@@H](C)CC)C(=O)N(C)CC(=O)N(C)[C@H]2C/C=C\CCN(C2=O)[C@@H](Cc2ccc(I)cc2)C(=O)N(C)CC(=O)N[C@@H](CCc2cc(F)c(C(F)(F)F)c(F)c2)C(=O)N2C[C@H](OCC)C[C@H]2C(=O)NC2(CCC2)C(=O)N(C)[C@@H](C2CCCC2)C(=O)N(C)[C@H](C(=O)N(C)CC)CC(=O)N1C. The highest BCUT2D eigenvalue weighted by Crippen LogP contribution is 2.39. The lowest BCUT2D eigenvalue weighted by Crippen LogP contribution is -2.68. The highest BCUT2D eigenvalue weighted by atomic mass is 127. The number of nitrogens with zero attached hydrogens (tertiary/aromatic N) is 9. The molecule has 3 aliphatic heterocycles. The minimum atomic E-state index is -5.42. The lowest BCUT2D eigenvalue weighted by atomic mass is 9.74. The zero-order valence-corrected chi connectivity index (χ0v) is 65.5. The summed E-state index contributed by atoms with van der Waals surface area (Å²) in [6, 6.07) is -3.09. The summed E-state index contributed by atoms with van der Waals surface area (Å²) in [4.78, 5) is 192. The first-order chi connectivity index (χ1) is 50.5. The van der Waals surface area contributed by atoms with Crippen molar-refractivity contribution in [1.29, 1.82) is 0 Å². The van der Waals surface area contributed by atoms with Crippen molar-refractivity contribution in [3.8, 4) is 0 Å². The molecule has 3 N–H and O–H groups in total. The molecule has 7 rings (SSSR count). The number of hydrogen-bond donors (Lipinski definition) is 3. The van der Waals surface area contributed by atoms with Crippen molar-refractivity contribution in [3.63, 3.8) is 0 Å². The van der Waals surface area contributed by atoms with Gasteiger partial charge in [-0.2, -0.15) is 13.2 Å². The van der Waals surface area contributed by atoms with Gasteiger partial charge in [-0.15, -0.1) is 6.58 Å². The Morgan fingerprint density at radius 3 is 1.97 bits per heavy atom. The van der Waals surface area contributed by atoms with E-state index in [2.05, 4.69) is 45.1 Å². The first kappa shape index (κ1) is 86.1. The van der Waals surface area contributed by atoms with Crippen LogP contribution < -0.4 is 16.0 Å². The number of nitrogens with one attached hydrogen (secondary N) is 3. The van der Waals surface area contributed by atoms with Crippen LogP contribution in [0.25, 0.3) is 0 Å². The van der Waals surface area contributed by atoms with E-state index in [0.29, 0.717) is 69.1 Å². The van der Waals surface area contributed by atoms with Gasteiger partial charge in [0.15, 0.2) is 0 Å². The lowest BCUT2D eigenvalue weighted by Gasteiger charge is -2.46. The molecule has 2 aromatic rings. The molecule has 2 aliphatic carbocycles. The molecule has 12 amide bonds. The standard InChI is InChI=1S/C76H106F5IN12O13/c1-13-17-19-27-55-66(98)84-64(46(5)14-2)72(104)88(8)45-62(97)90(10)56-28-20-18-23-37-93(71(56)103)59(40-47-29-32-50(82)33-30-47)70(102)87(7)44-60(95)83-54(34-31-48-38-52(77)63(53(78)39-48)76(79,80)81)68(100)94-43-51(107-16-4)41-57(94)67(99)85-75(35-24-36-75)74(106)92(12)65(49-25-21-22-26-49)73(105)91(11)58(42-61(96)89(55)9)69(101)86(6)15-3/h13,18,20,29-30,32-33,38-39,46,49,51,54-59,64-65H,1,14-17,19,21-28,31,34-37,40-45H2,2-12H3,(H,83,95)(H,84,98)(H,85,99)/b20-18-/t46-,51+,54-,55-,56-,57-,58-,59-,64-,65-/m0/s1. The van der Waals surface area contributed by atoms with E-state index in [0.717, 1.165) is 23.2 Å². The van der Waals surface area contributed by atoms with Crippen molar-refractivity contribution < 1.29 is 84.2 Å². The van der Waals surface area contributed by atoms with E-state index in [1.54, 1.807) is 70.2 Å². The molecule has 10 atom stereocenters. The van der Waals surface area contributed by atoms with Gasteiger partial charge in [0.1, 0.15) is 71.1 Å². The summed E-state index contributed by atoms with van der Waals surface area (Å²) >= 11 is 2.11. The molecule has 1 spiro atoms. The fourth-order valence-corrected chi connectivity index (χ4v) is 15.4. The van der Waals surface area contributed by atoms with Crippen molar-refractivity contribution in [1.82, 2.24) is 60.0 Å². The highest BCUT2D eigenvalue weighted by Gasteiger charge is 2.54. The second-order valence-electron chi connectivity index (χ2n) is 29.2. The van der Waals surface area contributed by atoms with Crippen LogP contribution in [0, 0.1) is 27.0 Å². The lowest BCUT2D eigenvalue weighted by molar-refractivity contribution is -0.158. The minimum Gasteiger partial charge on any atom is -0.377 e. The van der Waals surface area contributed by atoms with E-state index in [1.165, 1.54) is 73.8 Å². The summed E-state index contributed by atoms with van der Waals surface area (Å²) < 4.78 is 78.9. The summed E-state index contributed by atoms with van der Waals surface area (Å²) in [5.74, 6) is -14.0. The maximum Gasteiger partial charge on any atom is 0.422 e. The molecule has 590 valence electrons. The molecule has 4 fully saturated rings. The molecule has 0 radical (unpaired) electrons. The van der Waals surface area contributed by atoms with Crippen molar-refractivity contribution in [2.24, 2.45) is 11.8 Å². The number of aryl methyl sites for hydroxylation is 1. The maximum atomic E-state index is 15.6. The molecular weight excluding hydrogens is 1510 g/mol. The number of halogens is 6. The van der Waals surface area contributed by atoms with Gasteiger partial charge in [0, 0.05) is 92.0 Å². The largest absolute Gasteiger partial charge is 0.422 e. The van der Waals surface area contributed by atoms with Crippen LogP contribution in [0.4, 0.5) is 22.0 Å². The van der Waals surface area contributed by atoms with Crippen molar-refractivity contribution >= 4 is 93.5 Å². The second-order valence-corrected chi connectivity index (χ2v) is 30.4. The van der Waals surface area contributed by atoms with E-state index in [1.807, 2.05) is 0 Å². The Labute approximate surface area is 637 Å². The average Bonchev–Trinajstić information content (AvgIpc) is 1.69. The summed E-state index contributed by atoms with van der Waals surface area (Å²) in [5, 5.41) is 8.46. The van der Waals surface area contributed by atoms with Crippen LogP contribution in [0.2, 0.25) is 0 Å². The topological polar surface area (TPSA) is 279 Å². The number of benzene rings is 2. The van der Waals surface area contributed by atoms with Crippen LogP contribution >= 0.6 is 22.6 Å². The minimum absolute atomic E-state index is 0.0386. The number of likely N-dealkylation sites (N-methyl/N-ethyl adjacent to an activating group) is 7. The van der Waals surface area contributed by atoms with Gasteiger partial charge in [-0.25, -0.2) is 8.78 Å². The van der Waals surface area contributed by atoms with Crippen molar-refractivity contribution in [2.75, 3.05) is 88.7 Å². The van der Waals surface area contributed by atoms with Gasteiger partial charge in [-0.1, -0.05) is 63.5 Å². The molecule has 2 aromatic carbocycles. The van der Waals surface area contributed by atoms with Gasteiger partial charge < -0.3 is 64.8 Å². The molecule has 3 heterocycles. The van der Waals surface area contributed by atoms with Gasteiger partial charge in [-0.05, 0) is 161 Å². The van der Waals surface area contributed by atoms with Crippen molar-refractivity contribution in [2.45, 2.75) is 209 Å². The Morgan fingerprint density at radius 2 is 1.38 bits per heavy atom. The van der Waals surface area contributed by atoms with E-state index in [4.69, 9.17) is 4.74 Å². The molecule has 2 saturated heterocycles. The van der Waals surface area contributed by atoms with Gasteiger partial charge in [0.25, 0.3) is 0 Å². The Kier molecular flexibility index (Phi) is 30.8. The van der Waals surface area contributed by atoms with Gasteiger partial charge in [0.2, 0.25) is 70.9 Å². The number of amides is 12. The van der Waals surface area contributed by atoms with Crippen molar-refractivity contribution in [3.05, 3.63) is 93.1 Å². The molecular formula is C76H106F5IN12O13. The molecule has 25 nitrogen and oxygen atoms in total. The van der Waals surface area contributed by atoms with Gasteiger partial charge in [-0.3, -0.25) is 57.5 Å². The number of rotatable bonds is 16. The number of carbonyl (C=O) groups is 12. The second kappa shape index (κ2) is 38.3. The van der Waals surface area contributed by atoms with Crippen LogP contribution in [0.15, 0.2) is 61.2 Å². The van der Waals surface area contributed by atoms with Gasteiger partial charge >= 0.3 is 6.18 Å². The van der Waals surface area contributed by atoms with Crippen LogP contribution in [0.1, 0.15) is 147 Å². The molecule has 107 heavy (non-hydrogen) atoms. The number of alkyl halides is 3. The fourth-order valence-electron chi connectivity index (χ4n) is 15.0. The number of hydrogen-bond acceptors (Lipinski definition) is 13. The summed E-state index contributed by atoms with van der Waals surface area (Å²) in [7, 11) is 9.72. The normalized spacial score (nSPS) is 26.0. The molecule has 31 heteroatoms. The van der Waals surface area contributed by atoms with E-state index < -0.39 is 198 Å². The van der Waals surface area contributed by atoms with Crippen LogP contribution in [0.5, 0.6) is 0 Å². The van der Waals surface area contributed by atoms with Crippen LogP contribution in [-0.2, 0) is 81.3 Å². The van der Waals surface area contributed by atoms with E-state index in [-0.39, 0.29) is 76.8 Å².